The van der Waals surface area contributed by atoms with E-state index in [0.717, 1.165) is 44.1 Å². The Labute approximate surface area is 138 Å². The van der Waals surface area contributed by atoms with Crippen molar-refractivity contribution >= 4 is 5.91 Å². The van der Waals surface area contributed by atoms with E-state index in [4.69, 9.17) is 5.73 Å². The molecule has 3 N–H and O–H groups in total. The number of amides is 1. The first-order valence-electron chi connectivity index (χ1n) is 8.80. The molecule has 4 nitrogen and oxygen atoms in total. The van der Waals surface area contributed by atoms with Crippen molar-refractivity contribution in [3.8, 4) is 0 Å². The summed E-state index contributed by atoms with van der Waals surface area (Å²) in [6.07, 6.45) is 5.59. The summed E-state index contributed by atoms with van der Waals surface area (Å²) >= 11 is 0. The number of benzene rings is 1. The van der Waals surface area contributed by atoms with Crippen LogP contribution in [0.25, 0.3) is 0 Å². The standard InChI is InChI=1S/C19H28N2O2/c1-18(20)11-13-21(14-12-18)17(22)19(23,16-9-5-6-10-16)15-7-3-2-4-8-15/h2-4,7-8,16,23H,5-6,9-14,20H2,1H3/t19-/m0/s1. The Morgan fingerprint density at radius 1 is 1.22 bits per heavy atom. The van der Waals surface area contributed by atoms with E-state index in [0.29, 0.717) is 13.1 Å². The van der Waals surface area contributed by atoms with Crippen LogP contribution in [-0.2, 0) is 10.4 Å². The Balaban J connectivity index is 1.88. The van der Waals surface area contributed by atoms with Crippen molar-refractivity contribution < 1.29 is 9.90 Å². The Kier molecular flexibility index (Phi) is 4.47. The first-order valence-corrected chi connectivity index (χ1v) is 8.80. The van der Waals surface area contributed by atoms with Crippen molar-refractivity contribution in [2.75, 3.05) is 13.1 Å². The van der Waals surface area contributed by atoms with Crippen LogP contribution in [0.2, 0.25) is 0 Å². The predicted molar refractivity (Wildman–Crippen MR) is 90.7 cm³/mol. The number of rotatable bonds is 3. The molecule has 1 amide bonds. The van der Waals surface area contributed by atoms with Gasteiger partial charge in [0.25, 0.3) is 5.91 Å². The minimum absolute atomic E-state index is 0.0172. The van der Waals surface area contributed by atoms with Crippen molar-refractivity contribution in [2.45, 2.75) is 56.6 Å². The Morgan fingerprint density at radius 2 is 1.78 bits per heavy atom. The molecule has 1 saturated heterocycles. The largest absolute Gasteiger partial charge is 0.375 e. The van der Waals surface area contributed by atoms with Crippen molar-refractivity contribution in [1.82, 2.24) is 4.90 Å². The van der Waals surface area contributed by atoms with Crippen LogP contribution in [-0.4, -0.2) is 34.5 Å². The molecule has 0 unspecified atom stereocenters. The van der Waals surface area contributed by atoms with E-state index >= 15 is 0 Å². The molecule has 3 rings (SSSR count). The Morgan fingerprint density at radius 3 is 2.35 bits per heavy atom. The van der Waals surface area contributed by atoms with Crippen LogP contribution < -0.4 is 5.73 Å². The van der Waals surface area contributed by atoms with Gasteiger partial charge in [0.05, 0.1) is 0 Å². The van der Waals surface area contributed by atoms with Crippen molar-refractivity contribution in [1.29, 1.82) is 0 Å². The number of carbonyl (C=O) groups excluding carboxylic acids is 1. The summed E-state index contributed by atoms with van der Waals surface area (Å²) in [6.45, 7) is 3.30. The number of carbonyl (C=O) groups is 1. The summed E-state index contributed by atoms with van der Waals surface area (Å²) < 4.78 is 0. The number of aliphatic hydroxyl groups is 1. The SMILES string of the molecule is CC1(N)CCN(C(=O)[C@](O)(c2ccccc2)C2CCCC2)CC1. The van der Waals surface area contributed by atoms with Gasteiger partial charge < -0.3 is 15.7 Å². The van der Waals surface area contributed by atoms with Gasteiger partial charge in [-0.15, -0.1) is 0 Å². The fraction of sp³-hybridized carbons (Fsp3) is 0.632. The lowest BCUT2D eigenvalue weighted by Gasteiger charge is -2.42. The predicted octanol–water partition coefficient (Wildman–Crippen LogP) is 2.40. The van der Waals surface area contributed by atoms with E-state index in [2.05, 4.69) is 0 Å². The molecule has 1 atom stereocenters. The van der Waals surface area contributed by atoms with E-state index in [1.165, 1.54) is 0 Å². The van der Waals surface area contributed by atoms with Gasteiger partial charge in [0.1, 0.15) is 0 Å². The van der Waals surface area contributed by atoms with Crippen LogP contribution in [0.15, 0.2) is 30.3 Å². The van der Waals surface area contributed by atoms with Crippen molar-refractivity contribution in [2.24, 2.45) is 11.7 Å². The van der Waals surface area contributed by atoms with Gasteiger partial charge >= 0.3 is 0 Å². The molecule has 1 aromatic rings. The van der Waals surface area contributed by atoms with Gasteiger partial charge in [-0.05, 0) is 38.2 Å². The highest BCUT2D eigenvalue weighted by molar-refractivity contribution is 5.87. The number of piperidine rings is 1. The van der Waals surface area contributed by atoms with E-state index < -0.39 is 5.60 Å². The second kappa shape index (κ2) is 6.25. The third-order valence-corrected chi connectivity index (χ3v) is 5.68. The normalized spacial score (nSPS) is 24.4. The molecule has 1 saturated carbocycles. The summed E-state index contributed by atoms with van der Waals surface area (Å²) in [5.41, 5.74) is 5.33. The molecule has 0 aromatic heterocycles. The molecule has 4 heteroatoms. The summed E-state index contributed by atoms with van der Waals surface area (Å²) in [4.78, 5) is 15.1. The molecule has 1 heterocycles. The second-order valence-corrected chi connectivity index (χ2v) is 7.56. The fourth-order valence-electron chi connectivity index (χ4n) is 4.03. The van der Waals surface area contributed by atoms with Gasteiger partial charge in [-0.3, -0.25) is 4.79 Å². The highest BCUT2D eigenvalue weighted by atomic mass is 16.3. The zero-order valence-corrected chi connectivity index (χ0v) is 14.0. The zero-order valence-electron chi connectivity index (χ0n) is 14.0. The fourth-order valence-corrected chi connectivity index (χ4v) is 4.03. The highest BCUT2D eigenvalue weighted by Crippen LogP contribution is 2.42. The van der Waals surface area contributed by atoms with Crippen LogP contribution in [0.3, 0.4) is 0 Å². The van der Waals surface area contributed by atoms with Crippen LogP contribution >= 0.6 is 0 Å². The summed E-state index contributed by atoms with van der Waals surface area (Å²) in [6, 6.07) is 9.48. The van der Waals surface area contributed by atoms with Gasteiger partial charge in [0.15, 0.2) is 5.60 Å². The quantitative estimate of drug-likeness (QED) is 0.900. The third kappa shape index (κ3) is 3.15. The minimum atomic E-state index is -1.39. The van der Waals surface area contributed by atoms with Gasteiger partial charge in [-0.1, -0.05) is 43.2 Å². The van der Waals surface area contributed by atoms with Crippen LogP contribution in [0.1, 0.15) is 51.0 Å². The van der Waals surface area contributed by atoms with E-state index in [9.17, 15) is 9.90 Å². The number of nitrogens with two attached hydrogens (primary N) is 1. The molecule has 2 fully saturated rings. The molecule has 1 aromatic carbocycles. The average molecular weight is 316 g/mol. The van der Waals surface area contributed by atoms with Crippen molar-refractivity contribution in [3.63, 3.8) is 0 Å². The van der Waals surface area contributed by atoms with Crippen LogP contribution in [0, 0.1) is 5.92 Å². The first kappa shape index (κ1) is 16.5. The first-order chi connectivity index (χ1) is 10.9. The number of nitrogens with zero attached hydrogens (tertiary/aromatic N) is 1. The van der Waals surface area contributed by atoms with Gasteiger partial charge in [-0.25, -0.2) is 0 Å². The minimum Gasteiger partial charge on any atom is -0.375 e. The molecular formula is C19H28N2O2. The number of hydrogen-bond donors (Lipinski definition) is 2. The highest BCUT2D eigenvalue weighted by Gasteiger charge is 2.49. The second-order valence-electron chi connectivity index (χ2n) is 7.56. The van der Waals surface area contributed by atoms with Gasteiger partial charge in [0.2, 0.25) is 0 Å². The summed E-state index contributed by atoms with van der Waals surface area (Å²) in [7, 11) is 0. The lowest BCUT2D eigenvalue weighted by atomic mass is 9.78. The maximum absolute atomic E-state index is 13.3. The molecular weight excluding hydrogens is 288 g/mol. The average Bonchev–Trinajstić information content (AvgIpc) is 3.09. The van der Waals surface area contributed by atoms with Crippen LogP contribution in [0.4, 0.5) is 0 Å². The maximum atomic E-state index is 13.3. The number of likely N-dealkylation sites (tertiary alicyclic amines) is 1. The molecule has 0 bridgehead atoms. The molecule has 1 aliphatic heterocycles. The number of hydrogen-bond acceptors (Lipinski definition) is 3. The lowest BCUT2D eigenvalue weighted by molar-refractivity contribution is -0.161. The summed E-state index contributed by atoms with van der Waals surface area (Å²) in [5, 5.41) is 11.5. The molecule has 126 valence electrons. The third-order valence-electron chi connectivity index (χ3n) is 5.68. The zero-order chi connectivity index (χ0) is 16.5. The Hall–Kier alpha value is -1.39. The lowest BCUT2D eigenvalue weighted by Crippen LogP contribution is -2.56. The summed E-state index contributed by atoms with van der Waals surface area (Å²) in [5.74, 6) is -0.116. The van der Waals surface area contributed by atoms with Gasteiger partial charge in [-0.2, -0.15) is 0 Å². The molecule has 1 aliphatic carbocycles. The topological polar surface area (TPSA) is 66.6 Å². The molecule has 2 aliphatic rings. The molecule has 0 spiro atoms. The van der Waals surface area contributed by atoms with Crippen LogP contribution in [0.5, 0.6) is 0 Å². The molecule has 0 radical (unpaired) electrons. The molecule has 23 heavy (non-hydrogen) atoms. The van der Waals surface area contributed by atoms with Crippen molar-refractivity contribution in [3.05, 3.63) is 35.9 Å². The van der Waals surface area contributed by atoms with E-state index in [1.54, 1.807) is 0 Å². The maximum Gasteiger partial charge on any atom is 0.259 e. The monoisotopic (exact) mass is 316 g/mol. The smallest absolute Gasteiger partial charge is 0.259 e. The Bertz CT molecular complexity index is 542. The van der Waals surface area contributed by atoms with Gasteiger partial charge in [0, 0.05) is 24.5 Å². The van der Waals surface area contributed by atoms with E-state index in [-0.39, 0.29) is 17.4 Å². The van der Waals surface area contributed by atoms with E-state index in [1.807, 2.05) is 42.2 Å².